The average Bonchev–Trinajstić information content (AvgIpc) is 2.67. The fraction of sp³-hybridized carbons (Fsp3) is 0.562. The van der Waals surface area contributed by atoms with E-state index in [1.54, 1.807) is 6.07 Å². The zero-order chi connectivity index (χ0) is 14.5. The fourth-order valence-corrected chi connectivity index (χ4v) is 4.09. The Kier molecular flexibility index (Phi) is 3.50. The normalized spacial score (nSPS) is 25.4. The molecule has 0 saturated heterocycles. The van der Waals surface area contributed by atoms with Gasteiger partial charge in [-0.3, -0.25) is 4.79 Å². The van der Waals surface area contributed by atoms with Crippen LogP contribution in [0.15, 0.2) is 12.1 Å². The van der Waals surface area contributed by atoms with E-state index in [-0.39, 0.29) is 11.8 Å². The van der Waals surface area contributed by atoms with Gasteiger partial charge in [0.05, 0.1) is 16.6 Å². The van der Waals surface area contributed by atoms with Crippen LogP contribution in [0.4, 0.5) is 5.69 Å². The Morgan fingerprint density at radius 3 is 2.50 bits per heavy atom. The second-order valence-electron chi connectivity index (χ2n) is 6.82. The number of benzene rings is 1. The minimum Gasteiger partial charge on any atom is -0.324 e. The monoisotopic (exact) mass is 311 g/mol. The zero-order valence-electron chi connectivity index (χ0n) is 11.8. The summed E-state index contributed by atoms with van der Waals surface area (Å²) in [6, 6.07) is 3.58. The van der Waals surface area contributed by atoms with Crippen LogP contribution in [-0.2, 0) is 4.79 Å². The van der Waals surface area contributed by atoms with E-state index >= 15 is 0 Å². The van der Waals surface area contributed by atoms with Crippen molar-refractivity contribution in [3.05, 3.63) is 27.7 Å². The number of amides is 1. The second kappa shape index (κ2) is 4.92. The van der Waals surface area contributed by atoms with Crippen LogP contribution in [0.3, 0.4) is 0 Å². The molecule has 1 saturated carbocycles. The molecule has 0 aromatic heterocycles. The van der Waals surface area contributed by atoms with Gasteiger partial charge in [-0.2, -0.15) is 0 Å². The molecule has 3 rings (SSSR count). The van der Waals surface area contributed by atoms with Gasteiger partial charge in [-0.25, -0.2) is 0 Å². The Balaban J connectivity index is 1.91. The minimum absolute atomic E-state index is 0.0777. The molecule has 0 radical (unpaired) electrons. The highest BCUT2D eigenvalue weighted by Crippen LogP contribution is 2.49. The lowest BCUT2D eigenvalue weighted by molar-refractivity contribution is -0.118. The van der Waals surface area contributed by atoms with E-state index in [9.17, 15) is 4.79 Å². The molecular formula is C16H19Cl2NO. The van der Waals surface area contributed by atoms with Crippen molar-refractivity contribution >= 4 is 34.8 Å². The summed E-state index contributed by atoms with van der Waals surface area (Å²) >= 11 is 12.3. The van der Waals surface area contributed by atoms with Crippen LogP contribution in [-0.4, -0.2) is 5.91 Å². The SMILES string of the molecule is CC1(C)CCC(C2C(=O)Nc3c(Cl)cc(Cl)cc32)CC1. The molecule has 1 aromatic rings. The first-order valence-corrected chi connectivity index (χ1v) is 7.93. The average molecular weight is 312 g/mol. The Morgan fingerprint density at radius 2 is 1.85 bits per heavy atom. The van der Waals surface area contributed by atoms with Crippen molar-refractivity contribution in [2.75, 3.05) is 5.32 Å². The smallest absolute Gasteiger partial charge is 0.232 e. The first-order chi connectivity index (χ1) is 9.37. The van der Waals surface area contributed by atoms with E-state index in [1.165, 1.54) is 12.8 Å². The number of hydrogen-bond donors (Lipinski definition) is 1. The third-order valence-corrected chi connectivity index (χ3v) is 5.32. The number of halogens is 2. The Bertz CT molecular complexity index is 558. The molecule has 1 aliphatic heterocycles. The molecule has 108 valence electrons. The zero-order valence-corrected chi connectivity index (χ0v) is 13.3. The van der Waals surface area contributed by atoms with Crippen molar-refractivity contribution in [2.24, 2.45) is 11.3 Å². The van der Waals surface area contributed by atoms with E-state index in [0.717, 1.165) is 24.1 Å². The van der Waals surface area contributed by atoms with E-state index in [1.807, 2.05) is 6.07 Å². The predicted molar refractivity (Wildman–Crippen MR) is 83.6 cm³/mol. The highest BCUT2D eigenvalue weighted by molar-refractivity contribution is 6.37. The van der Waals surface area contributed by atoms with Crippen molar-refractivity contribution < 1.29 is 4.79 Å². The molecule has 4 heteroatoms. The lowest BCUT2D eigenvalue weighted by Crippen LogP contribution is -2.28. The van der Waals surface area contributed by atoms with Gasteiger partial charge in [0, 0.05) is 5.02 Å². The molecule has 2 aliphatic rings. The van der Waals surface area contributed by atoms with Crippen LogP contribution in [0, 0.1) is 11.3 Å². The summed E-state index contributed by atoms with van der Waals surface area (Å²) in [6.45, 7) is 4.61. The third-order valence-electron chi connectivity index (χ3n) is 4.81. The third kappa shape index (κ3) is 2.44. The Morgan fingerprint density at radius 1 is 1.20 bits per heavy atom. The first kappa shape index (κ1) is 14.2. The van der Waals surface area contributed by atoms with E-state index in [2.05, 4.69) is 19.2 Å². The van der Waals surface area contributed by atoms with E-state index < -0.39 is 0 Å². The van der Waals surface area contributed by atoms with Gasteiger partial charge in [-0.05, 0) is 54.7 Å². The molecular weight excluding hydrogens is 293 g/mol. The molecule has 1 aromatic carbocycles. The van der Waals surface area contributed by atoms with Gasteiger partial charge in [0.15, 0.2) is 0 Å². The van der Waals surface area contributed by atoms with Gasteiger partial charge in [0.1, 0.15) is 0 Å². The minimum atomic E-state index is -0.0858. The molecule has 1 N–H and O–H groups in total. The molecule has 1 atom stereocenters. The molecule has 0 bridgehead atoms. The number of carbonyl (C=O) groups excluding carboxylic acids is 1. The topological polar surface area (TPSA) is 29.1 Å². The van der Waals surface area contributed by atoms with Crippen LogP contribution in [0.1, 0.15) is 51.0 Å². The molecule has 20 heavy (non-hydrogen) atoms. The molecule has 1 heterocycles. The number of anilines is 1. The summed E-state index contributed by atoms with van der Waals surface area (Å²) in [5.41, 5.74) is 2.15. The van der Waals surface area contributed by atoms with Crippen LogP contribution in [0.2, 0.25) is 10.0 Å². The Labute approximate surface area is 129 Å². The van der Waals surface area contributed by atoms with E-state index in [0.29, 0.717) is 21.4 Å². The van der Waals surface area contributed by atoms with Crippen LogP contribution in [0.25, 0.3) is 0 Å². The van der Waals surface area contributed by atoms with Crippen LogP contribution < -0.4 is 5.32 Å². The van der Waals surface area contributed by atoms with Gasteiger partial charge >= 0.3 is 0 Å². The summed E-state index contributed by atoms with van der Waals surface area (Å²) in [6.07, 6.45) is 4.53. The molecule has 0 spiro atoms. The summed E-state index contributed by atoms with van der Waals surface area (Å²) in [7, 11) is 0. The van der Waals surface area contributed by atoms with Gasteiger partial charge in [0.2, 0.25) is 5.91 Å². The summed E-state index contributed by atoms with van der Waals surface area (Å²) in [5, 5.41) is 4.08. The first-order valence-electron chi connectivity index (χ1n) is 7.17. The fourth-order valence-electron chi connectivity index (χ4n) is 3.54. The number of nitrogens with one attached hydrogen (secondary N) is 1. The van der Waals surface area contributed by atoms with Crippen LogP contribution >= 0.6 is 23.2 Å². The van der Waals surface area contributed by atoms with Crippen molar-refractivity contribution in [1.82, 2.24) is 0 Å². The van der Waals surface area contributed by atoms with Gasteiger partial charge < -0.3 is 5.32 Å². The Hall–Kier alpha value is -0.730. The second-order valence-corrected chi connectivity index (χ2v) is 7.66. The largest absolute Gasteiger partial charge is 0.324 e. The number of fused-ring (bicyclic) bond motifs is 1. The van der Waals surface area contributed by atoms with Crippen molar-refractivity contribution in [3.63, 3.8) is 0 Å². The summed E-state index contributed by atoms with van der Waals surface area (Å²) in [4.78, 5) is 12.3. The molecule has 1 fully saturated rings. The molecule has 1 aliphatic carbocycles. The van der Waals surface area contributed by atoms with Gasteiger partial charge in [-0.15, -0.1) is 0 Å². The van der Waals surface area contributed by atoms with Gasteiger partial charge in [0.25, 0.3) is 0 Å². The molecule has 1 amide bonds. The lowest BCUT2D eigenvalue weighted by Gasteiger charge is -2.36. The number of rotatable bonds is 1. The quantitative estimate of drug-likeness (QED) is 0.754. The maximum Gasteiger partial charge on any atom is 0.232 e. The number of carbonyl (C=O) groups is 1. The highest BCUT2D eigenvalue weighted by atomic mass is 35.5. The lowest BCUT2D eigenvalue weighted by atomic mass is 9.68. The highest BCUT2D eigenvalue weighted by Gasteiger charge is 2.40. The summed E-state index contributed by atoms with van der Waals surface area (Å²) < 4.78 is 0. The predicted octanol–water partition coefficient (Wildman–Crippen LogP) is 5.25. The van der Waals surface area contributed by atoms with Crippen molar-refractivity contribution in [3.8, 4) is 0 Å². The van der Waals surface area contributed by atoms with Crippen molar-refractivity contribution in [2.45, 2.75) is 45.4 Å². The molecule has 2 nitrogen and oxygen atoms in total. The maximum absolute atomic E-state index is 12.3. The summed E-state index contributed by atoms with van der Waals surface area (Å²) in [5.74, 6) is 0.394. The van der Waals surface area contributed by atoms with E-state index in [4.69, 9.17) is 23.2 Å². The maximum atomic E-state index is 12.3. The van der Waals surface area contributed by atoms with Gasteiger partial charge in [-0.1, -0.05) is 37.0 Å². The standard InChI is InChI=1S/C16H19Cl2NO/c1-16(2)5-3-9(4-6-16)13-11-7-10(17)8-12(18)14(11)19-15(13)20/h7-9,13H,3-6H2,1-2H3,(H,19,20). The molecule has 1 unspecified atom stereocenters. The van der Waals surface area contributed by atoms with Crippen molar-refractivity contribution in [1.29, 1.82) is 0 Å². The van der Waals surface area contributed by atoms with Crippen LogP contribution in [0.5, 0.6) is 0 Å². The number of hydrogen-bond acceptors (Lipinski definition) is 1.